The van der Waals surface area contributed by atoms with Crippen LogP contribution in [0.1, 0.15) is 46.8 Å². The average Bonchev–Trinajstić information content (AvgIpc) is 3.00. The number of hydrogen-bond donors (Lipinski definition) is 2. The second-order valence-electron chi connectivity index (χ2n) is 6.95. The molecule has 0 aromatic heterocycles. The maximum atomic E-state index is 13.5. The first-order chi connectivity index (χ1) is 12.4. The summed E-state index contributed by atoms with van der Waals surface area (Å²) in [6.07, 6.45) is 0. The summed E-state index contributed by atoms with van der Waals surface area (Å²) < 4.78 is 12.0. The minimum atomic E-state index is -1.55. The van der Waals surface area contributed by atoms with Gasteiger partial charge in [-0.15, -0.1) is 0 Å². The molecule has 0 saturated carbocycles. The van der Waals surface area contributed by atoms with Gasteiger partial charge in [0.1, 0.15) is 5.75 Å². The third kappa shape index (κ3) is 1.79. The lowest BCUT2D eigenvalue weighted by Crippen LogP contribution is -2.61. The number of benzene rings is 2. The molecule has 134 valence electrons. The molecule has 2 amide bonds. The zero-order valence-electron chi connectivity index (χ0n) is 14.8. The van der Waals surface area contributed by atoms with Crippen molar-refractivity contribution in [2.75, 3.05) is 7.11 Å². The van der Waals surface area contributed by atoms with E-state index in [9.17, 15) is 9.59 Å². The van der Waals surface area contributed by atoms with E-state index in [1.165, 1.54) is 7.11 Å². The Balaban J connectivity index is 2.04. The molecule has 4 rings (SSSR count). The molecular weight excluding hydrogens is 332 g/mol. The predicted octanol–water partition coefficient (Wildman–Crippen LogP) is 2.76. The Morgan fingerprint density at radius 2 is 1.92 bits per heavy atom. The van der Waals surface area contributed by atoms with Gasteiger partial charge in [-0.3, -0.25) is 4.79 Å². The van der Waals surface area contributed by atoms with Crippen molar-refractivity contribution in [2.24, 2.45) is 5.73 Å². The van der Waals surface area contributed by atoms with E-state index in [2.05, 4.69) is 19.2 Å². The van der Waals surface area contributed by atoms with Crippen molar-refractivity contribution in [3.05, 3.63) is 64.7 Å². The molecule has 0 unspecified atom stereocenters. The van der Waals surface area contributed by atoms with Crippen LogP contribution >= 0.6 is 0 Å². The number of amides is 2. The van der Waals surface area contributed by atoms with Crippen molar-refractivity contribution in [2.45, 2.75) is 31.1 Å². The van der Waals surface area contributed by atoms with Crippen LogP contribution in [0, 0.1) is 0 Å². The van der Waals surface area contributed by atoms with Gasteiger partial charge < -0.3 is 20.5 Å². The van der Waals surface area contributed by atoms with Gasteiger partial charge in [-0.1, -0.05) is 50.2 Å². The summed E-state index contributed by atoms with van der Waals surface area (Å²) in [5, 5.41) is 2.65. The van der Waals surface area contributed by atoms with Gasteiger partial charge in [0.15, 0.2) is 0 Å². The van der Waals surface area contributed by atoms with E-state index in [0.717, 1.165) is 5.56 Å². The summed E-state index contributed by atoms with van der Waals surface area (Å²) in [6.45, 7) is 4.14. The molecule has 1 aliphatic carbocycles. The van der Waals surface area contributed by atoms with Gasteiger partial charge in [0.05, 0.1) is 0 Å². The summed E-state index contributed by atoms with van der Waals surface area (Å²) in [6, 6.07) is 11.9. The SMILES string of the molecule is CO[C@@]12Oc3cc(C(C)C)ccc3[C@]1(NC(N)=O)C(=O)c1ccccc12. The number of nitrogens with one attached hydrogen (secondary N) is 1. The highest BCUT2D eigenvalue weighted by molar-refractivity contribution is 6.12. The maximum Gasteiger partial charge on any atom is 0.313 e. The van der Waals surface area contributed by atoms with Crippen LogP contribution < -0.4 is 15.8 Å². The molecule has 0 bridgehead atoms. The third-order valence-corrected chi connectivity index (χ3v) is 5.29. The third-order valence-electron chi connectivity index (χ3n) is 5.29. The zero-order valence-corrected chi connectivity index (χ0v) is 14.8. The first-order valence-electron chi connectivity index (χ1n) is 8.48. The Hall–Kier alpha value is -2.86. The minimum Gasteiger partial charge on any atom is -0.454 e. The number of nitrogens with two attached hydrogens (primary N) is 1. The summed E-state index contributed by atoms with van der Waals surface area (Å²) in [4.78, 5) is 25.3. The van der Waals surface area contributed by atoms with E-state index in [1.807, 2.05) is 18.2 Å². The summed E-state index contributed by atoms with van der Waals surface area (Å²) >= 11 is 0. The lowest BCUT2D eigenvalue weighted by Gasteiger charge is -2.36. The Bertz CT molecular complexity index is 939. The van der Waals surface area contributed by atoms with Crippen molar-refractivity contribution < 1.29 is 19.1 Å². The quantitative estimate of drug-likeness (QED) is 0.889. The van der Waals surface area contributed by atoms with Crippen LogP contribution in [0.3, 0.4) is 0 Å². The lowest BCUT2D eigenvalue weighted by atomic mass is 9.82. The van der Waals surface area contributed by atoms with E-state index >= 15 is 0 Å². The number of fused-ring (bicyclic) bond motifs is 5. The number of carbonyl (C=O) groups excluding carboxylic acids is 2. The second kappa shape index (κ2) is 5.32. The number of primary amides is 1. The summed E-state index contributed by atoms with van der Waals surface area (Å²) in [7, 11) is 1.46. The summed E-state index contributed by atoms with van der Waals surface area (Å²) in [5.41, 5.74) is 6.53. The van der Waals surface area contributed by atoms with E-state index in [1.54, 1.807) is 24.3 Å². The topological polar surface area (TPSA) is 90.7 Å². The van der Waals surface area contributed by atoms with Crippen molar-refractivity contribution >= 4 is 11.8 Å². The van der Waals surface area contributed by atoms with Gasteiger partial charge in [-0.05, 0) is 17.5 Å². The van der Waals surface area contributed by atoms with E-state index < -0.39 is 17.4 Å². The molecule has 1 heterocycles. The molecule has 2 aliphatic rings. The van der Waals surface area contributed by atoms with Gasteiger partial charge in [0, 0.05) is 23.8 Å². The fraction of sp³-hybridized carbons (Fsp3) is 0.300. The van der Waals surface area contributed by atoms with Crippen molar-refractivity contribution in [3.63, 3.8) is 0 Å². The Labute approximate surface area is 151 Å². The largest absolute Gasteiger partial charge is 0.454 e. The number of methoxy groups -OCH3 is 1. The molecule has 6 nitrogen and oxygen atoms in total. The molecule has 0 fully saturated rings. The lowest BCUT2D eigenvalue weighted by molar-refractivity contribution is -0.193. The molecule has 1 aliphatic heterocycles. The van der Waals surface area contributed by atoms with Crippen LogP contribution in [0.2, 0.25) is 0 Å². The number of ketones is 1. The number of Topliss-reactive ketones (excluding diaryl/α,β-unsaturated/α-hetero) is 1. The highest BCUT2D eigenvalue weighted by Crippen LogP contribution is 2.59. The first-order valence-corrected chi connectivity index (χ1v) is 8.48. The molecule has 3 N–H and O–H groups in total. The molecule has 0 saturated heterocycles. The normalized spacial score (nSPS) is 25.5. The van der Waals surface area contributed by atoms with Crippen molar-refractivity contribution in [1.82, 2.24) is 5.32 Å². The smallest absolute Gasteiger partial charge is 0.313 e. The Kier molecular flexibility index (Phi) is 3.39. The van der Waals surface area contributed by atoms with E-state index in [0.29, 0.717) is 22.4 Å². The standard InChI is InChI=1S/C20H20N2O4/c1-11(2)12-8-9-15-16(10-12)26-20(25-3)14-7-5-4-6-13(14)17(23)19(15,20)22-18(21)24/h4-11H,1-3H3,(H3,21,22,24)/t19-,20-/m0/s1. The highest BCUT2D eigenvalue weighted by atomic mass is 16.7. The van der Waals surface area contributed by atoms with Crippen LogP contribution in [0.25, 0.3) is 0 Å². The molecule has 6 heteroatoms. The number of carbonyl (C=O) groups is 2. The van der Waals surface area contributed by atoms with E-state index in [4.69, 9.17) is 15.2 Å². The van der Waals surface area contributed by atoms with Gasteiger partial charge in [-0.2, -0.15) is 0 Å². The highest BCUT2D eigenvalue weighted by Gasteiger charge is 2.72. The fourth-order valence-corrected chi connectivity index (χ4v) is 4.10. The summed E-state index contributed by atoms with van der Waals surface area (Å²) in [5.74, 6) is -1.00. The van der Waals surface area contributed by atoms with Gasteiger partial charge >= 0.3 is 6.03 Å². The molecule has 0 radical (unpaired) electrons. The number of ether oxygens (including phenoxy) is 2. The molecule has 2 aromatic carbocycles. The molecule has 2 aromatic rings. The van der Waals surface area contributed by atoms with Gasteiger partial charge in [0.25, 0.3) is 5.79 Å². The van der Waals surface area contributed by atoms with Gasteiger partial charge in [-0.25, -0.2) is 4.79 Å². The first kappa shape index (κ1) is 16.6. The second-order valence-corrected chi connectivity index (χ2v) is 6.95. The van der Waals surface area contributed by atoms with Crippen LogP contribution in [-0.4, -0.2) is 18.9 Å². The Morgan fingerprint density at radius 1 is 1.19 bits per heavy atom. The molecular formula is C20H20N2O4. The van der Waals surface area contributed by atoms with Crippen LogP contribution in [0.5, 0.6) is 5.75 Å². The van der Waals surface area contributed by atoms with Crippen molar-refractivity contribution in [3.8, 4) is 5.75 Å². The Morgan fingerprint density at radius 3 is 2.58 bits per heavy atom. The molecule has 26 heavy (non-hydrogen) atoms. The zero-order chi connectivity index (χ0) is 18.7. The number of rotatable bonds is 3. The fourth-order valence-electron chi connectivity index (χ4n) is 4.10. The number of urea groups is 1. The minimum absolute atomic E-state index is 0.283. The van der Waals surface area contributed by atoms with Gasteiger partial charge in [0.2, 0.25) is 11.3 Å². The van der Waals surface area contributed by atoms with Crippen LogP contribution in [-0.2, 0) is 16.1 Å². The predicted molar refractivity (Wildman–Crippen MR) is 95.0 cm³/mol. The van der Waals surface area contributed by atoms with Crippen LogP contribution in [0.4, 0.5) is 4.79 Å². The average molecular weight is 352 g/mol. The maximum absolute atomic E-state index is 13.5. The molecule has 0 spiro atoms. The number of hydrogen-bond acceptors (Lipinski definition) is 4. The van der Waals surface area contributed by atoms with Crippen LogP contribution in [0.15, 0.2) is 42.5 Å². The monoisotopic (exact) mass is 352 g/mol. The van der Waals surface area contributed by atoms with E-state index in [-0.39, 0.29) is 11.7 Å². The molecule has 2 atom stereocenters. The van der Waals surface area contributed by atoms with Crippen molar-refractivity contribution in [1.29, 1.82) is 0 Å².